The molecular weight excluding hydrogens is 198 g/mol. The van der Waals surface area contributed by atoms with Crippen LogP contribution in [0.1, 0.15) is 26.2 Å². The summed E-state index contributed by atoms with van der Waals surface area (Å²) in [5.41, 5.74) is 16.0. The summed E-state index contributed by atoms with van der Waals surface area (Å²) in [5.74, 6) is -1.48. The van der Waals surface area contributed by atoms with E-state index in [-0.39, 0.29) is 0 Å². The molecular formula is C9H19N3O3. The zero-order valence-corrected chi connectivity index (χ0v) is 8.94. The van der Waals surface area contributed by atoms with Gasteiger partial charge in [0, 0.05) is 0 Å². The van der Waals surface area contributed by atoms with Gasteiger partial charge in [-0.25, -0.2) is 9.59 Å². The van der Waals surface area contributed by atoms with Gasteiger partial charge < -0.3 is 21.9 Å². The van der Waals surface area contributed by atoms with E-state index in [4.69, 9.17) is 17.2 Å². The lowest BCUT2D eigenvalue weighted by Gasteiger charge is -2.10. The van der Waals surface area contributed by atoms with E-state index in [0.29, 0.717) is 13.0 Å². The minimum Gasteiger partial charge on any atom is -0.391 e. The highest BCUT2D eigenvalue weighted by molar-refractivity contribution is 5.90. The van der Waals surface area contributed by atoms with Crippen LogP contribution in [0.25, 0.3) is 0 Å². The first-order valence-electron chi connectivity index (χ1n) is 4.95. The highest BCUT2D eigenvalue weighted by Gasteiger charge is 2.20. The molecule has 0 saturated carbocycles. The summed E-state index contributed by atoms with van der Waals surface area (Å²) in [6.07, 6.45) is 1.99. The number of carbonyl (C=O) groups is 2. The molecule has 6 heteroatoms. The van der Waals surface area contributed by atoms with E-state index in [9.17, 15) is 9.59 Å². The number of hydrogen-bond acceptors (Lipinski definition) is 6. The smallest absolute Gasteiger partial charge is 0.330 e. The molecule has 6 N–H and O–H groups in total. The highest BCUT2D eigenvalue weighted by Crippen LogP contribution is 2.00. The van der Waals surface area contributed by atoms with Crippen LogP contribution in [-0.4, -0.2) is 30.6 Å². The van der Waals surface area contributed by atoms with Crippen molar-refractivity contribution in [3.8, 4) is 0 Å². The molecule has 6 nitrogen and oxygen atoms in total. The number of unbranched alkanes of at least 4 members (excludes halogenated alkanes) is 1. The fourth-order valence-corrected chi connectivity index (χ4v) is 0.894. The Balaban J connectivity index is 3.83. The molecule has 0 aliphatic carbocycles. The van der Waals surface area contributed by atoms with Gasteiger partial charge in [0.15, 0.2) is 0 Å². The Labute approximate surface area is 89.1 Å². The third-order valence-corrected chi connectivity index (χ3v) is 1.84. The van der Waals surface area contributed by atoms with Crippen molar-refractivity contribution in [2.75, 3.05) is 6.54 Å². The molecule has 15 heavy (non-hydrogen) atoms. The fourth-order valence-electron chi connectivity index (χ4n) is 0.894. The Morgan fingerprint density at radius 1 is 1.20 bits per heavy atom. The summed E-state index contributed by atoms with van der Waals surface area (Å²) in [4.78, 5) is 22.1. The number of nitrogens with two attached hydrogens (primary N) is 3. The van der Waals surface area contributed by atoms with Gasteiger partial charge in [-0.15, -0.1) is 0 Å². The standard InChI is InChI=1S/C9H19N3O3/c1-6(11)8(13)15-9(14)7(12)4-2-3-5-10/h6-7H,2-5,10-12H2,1H3/t6-,7+/m1/s1. The van der Waals surface area contributed by atoms with Crippen molar-refractivity contribution in [2.45, 2.75) is 38.3 Å². The lowest BCUT2D eigenvalue weighted by molar-refractivity contribution is -0.161. The Kier molecular flexibility index (Phi) is 6.85. The average molecular weight is 217 g/mol. The van der Waals surface area contributed by atoms with Crippen molar-refractivity contribution in [1.82, 2.24) is 0 Å². The molecule has 0 spiro atoms. The van der Waals surface area contributed by atoms with E-state index in [1.165, 1.54) is 6.92 Å². The van der Waals surface area contributed by atoms with Crippen molar-refractivity contribution in [3.63, 3.8) is 0 Å². The zero-order chi connectivity index (χ0) is 11.8. The molecule has 0 bridgehead atoms. The molecule has 0 aliphatic heterocycles. The second kappa shape index (κ2) is 7.33. The van der Waals surface area contributed by atoms with Gasteiger partial charge >= 0.3 is 11.9 Å². The molecule has 0 fully saturated rings. The second-order valence-electron chi connectivity index (χ2n) is 3.42. The van der Waals surface area contributed by atoms with Crippen LogP contribution in [0.3, 0.4) is 0 Å². The predicted molar refractivity (Wildman–Crippen MR) is 55.6 cm³/mol. The summed E-state index contributed by atoms with van der Waals surface area (Å²) in [7, 11) is 0. The van der Waals surface area contributed by atoms with Gasteiger partial charge in [0.25, 0.3) is 0 Å². The fraction of sp³-hybridized carbons (Fsp3) is 0.778. The molecule has 0 heterocycles. The Hall–Kier alpha value is -0.980. The molecule has 0 aromatic rings. The van der Waals surface area contributed by atoms with Crippen LogP contribution < -0.4 is 17.2 Å². The minimum absolute atomic E-state index is 0.461. The summed E-state index contributed by atoms with van der Waals surface area (Å²) < 4.78 is 4.45. The Morgan fingerprint density at radius 3 is 2.27 bits per heavy atom. The normalized spacial score (nSPS) is 14.4. The Morgan fingerprint density at radius 2 is 1.80 bits per heavy atom. The molecule has 88 valence electrons. The topological polar surface area (TPSA) is 121 Å². The highest BCUT2D eigenvalue weighted by atomic mass is 16.6. The lowest BCUT2D eigenvalue weighted by atomic mass is 10.1. The largest absolute Gasteiger partial charge is 0.391 e. The van der Waals surface area contributed by atoms with Gasteiger partial charge in [0.05, 0.1) is 0 Å². The number of ether oxygens (including phenoxy) is 1. The van der Waals surface area contributed by atoms with Gasteiger partial charge in [0.2, 0.25) is 0 Å². The maximum atomic E-state index is 11.2. The van der Waals surface area contributed by atoms with Crippen LogP contribution in [0.4, 0.5) is 0 Å². The third kappa shape index (κ3) is 6.16. The van der Waals surface area contributed by atoms with Crippen LogP contribution in [0, 0.1) is 0 Å². The van der Waals surface area contributed by atoms with Crippen molar-refractivity contribution in [1.29, 1.82) is 0 Å². The molecule has 0 aromatic heterocycles. The Bertz CT molecular complexity index is 219. The SMILES string of the molecule is C[C@@H](N)C(=O)OC(=O)[C@@H](N)CCCCN. The van der Waals surface area contributed by atoms with Crippen LogP contribution in [-0.2, 0) is 14.3 Å². The molecule has 0 radical (unpaired) electrons. The molecule has 0 saturated heterocycles. The predicted octanol–water partition coefficient (Wildman–Crippen LogP) is -1.14. The summed E-state index contributed by atoms with van der Waals surface area (Å²) in [5, 5.41) is 0. The zero-order valence-electron chi connectivity index (χ0n) is 8.94. The average Bonchev–Trinajstić information content (AvgIpc) is 2.17. The van der Waals surface area contributed by atoms with Gasteiger partial charge in [0.1, 0.15) is 12.1 Å². The molecule has 0 rings (SSSR count). The quantitative estimate of drug-likeness (QED) is 0.294. The van der Waals surface area contributed by atoms with Crippen LogP contribution in [0.2, 0.25) is 0 Å². The van der Waals surface area contributed by atoms with Gasteiger partial charge in [-0.2, -0.15) is 0 Å². The van der Waals surface area contributed by atoms with Gasteiger partial charge in [-0.3, -0.25) is 0 Å². The second-order valence-corrected chi connectivity index (χ2v) is 3.42. The summed E-state index contributed by atoms with van der Waals surface area (Å²) in [6.45, 7) is 2.00. The van der Waals surface area contributed by atoms with Crippen LogP contribution >= 0.6 is 0 Å². The van der Waals surface area contributed by atoms with E-state index >= 15 is 0 Å². The maximum Gasteiger partial charge on any atom is 0.330 e. The molecule has 0 amide bonds. The van der Waals surface area contributed by atoms with Crippen molar-refractivity contribution >= 4 is 11.9 Å². The van der Waals surface area contributed by atoms with E-state index in [0.717, 1.165) is 12.8 Å². The van der Waals surface area contributed by atoms with Crippen molar-refractivity contribution < 1.29 is 14.3 Å². The van der Waals surface area contributed by atoms with Crippen LogP contribution in [0.15, 0.2) is 0 Å². The molecule has 2 atom stereocenters. The van der Waals surface area contributed by atoms with Crippen molar-refractivity contribution in [2.24, 2.45) is 17.2 Å². The van der Waals surface area contributed by atoms with Gasteiger partial charge in [-0.05, 0) is 26.3 Å². The number of esters is 2. The van der Waals surface area contributed by atoms with E-state index in [1.54, 1.807) is 0 Å². The van der Waals surface area contributed by atoms with Crippen molar-refractivity contribution in [3.05, 3.63) is 0 Å². The number of hydrogen-bond donors (Lipinski definition) is 3. The molecule has 0 aliphatic rings. The van der Waals surface area contributed by atoms with Gasteiger partial charge in [-0.1, -0.05) is 6.42 Å². The lowest BCUT2D eigenvalue weighted by Crippen LogP contribution is -2.38. The number of carbonyl (C=O) groups excluding carboxylic acids is 2. The first kappa shape index (κ1) is 14.0. The number of rotatable bonds is 6. The minimum atomic E-state index is -0.815. The van der Waals surface area contributed by atoms with Crippen LogP contribution in [0.5, 0.6) is 0 Å². The molecule has 0 aromatic carbocycles. The molecule has 0 unspecified atom stereocenters. The van der Waals surface area contributed by atoms with E-state index in [1.807, 2.05) is 0 Å². The summed E-state index contributed by atoms with van der Waals surface area (Å²) >= 11 is 0. The first-order valence-corrected chi connectivity index (χ1v) is 4.95. The van der Waals surface area contributed by atoms with E-state index < -0.39 is 24.0 Å². The third-order valence-electron chi connectivity index (χ3n) is 1.84. The maximum absolute atomic E-state index is 11.2. The van der Waals surface area contributed by atoms with E-state index in [2.05, 4.69) is 4.74 Å². The monoisotopic (exact) mass is 217 g/mol. The summed E-state index contributed by atoms with van der Waals surface area (Å²) in [6, 6.07) is -1.59. The first-order chi connectivity index (χ1) is 6.99.